The van der Waals surface area contributed by atoms with Gasteiger partial charge in [-0.3, -0.25) is 9.69 Å². The van der Waals surface area contributed by atoms with Crippen LogP contribution >= 0.6 is 0 Å². The zero-order chi connectivity index (χ0) is 20.9. The molecule has 0 atom stereocenters. The van der Waals surface area contributed by atoms with E-state index in [-0.39, 0.29) is 11.6 Å². The van der Waals surface area contributed by atoms with Crippen LogP contribution in [0.15, 0.2) is 59.5 Å². The van der Waals surface area contributed by atoms with Gasteiger partial charge in [-0.1, -0.05) is 31.2 Å². The van der Waals surface area contributed by atoms with Crippen LogP contribution < -0.4 is 16.2 Å². The highest BCUT2D eigenvalue weighted by Gasteiger charge is 2.15. The van der Waals surface area contributed by atoms with Crippen LogP contribution in [0.2, 0.25) is 0 Å². The maximum Gasteiger partial charge on any atom is 0.319 e. The second kappa shape index (κ2) is 9.13. The molecule has 2 heterocycles. The van der Waals surface area contributed by atoms with Gasteiger partial charge in [-0.15, -0.1) is 0 Å². The number of piperidine rings is 1. The number of nitrogens with zero attached hydrogens (tertiary/aromatic N) is 1. The summed E-state index contributed by atoms with van der Waals surface area (Å²) in [6.45, 7) is 6.06. The van der Waals surface area contributed by atoms with E-state index < -0.39 is 0 Å². The van der Waals surface area contributed by atoms with Crippen molar-refractivity contribution in [1.29, 1.82) is 0 Å². The van der Waals surface area contributed by atoms with Crippen LogP contribution in [0.1, 0.15) is 30.9 Å². The predicted molar refractivity (Wildman–Crippen MR) is 121 cm³/mol. The fourth-order valence-electron chi connectivity index (χ4n) is 3.94. The lowest BCUT2D eigenvalue weighted by Crippen LogP contribution is -2.32. The molecule has 0 saturated carbocycles. The maximum atomic E-state index is 12.3. The van der Waals surface area contributed by atoms with Crippen molar-refractivity contribution in [2.24, 2.45) is 5.92 Å². The van der Waals surface area contributed by atoms with Crippen LogP contribution in [-0.2, 0) is 13.1 Å². The van der Waals surface area contributed by atoms with E-state index in [2.05, 4.69) is 45.6 Å². The van der Waals surface area contributed by atoms with Gasteiger partial charge in [0.15, 0.2) is 0 Å². The number of carbonyl (C=O) groups is 1. The van der Waals surface area contributed by atoms with Crippen molar-refractivity contribution in [3.05, 3.63) is 76.2 Å². The molecule has 2 amide bonds. The normalized spacial score (nSPS) is 15.2. The van der Waals surface area contributed by atoms with Gasteiger partial charge in [0.2, 0.25) is 0 Å². The van der Waals surface area contributed by atoms with Crippen molar-refractivity contribution in [3.8, 4) is 0 Å². The molecule has 0 unspecified atom stereocenters. The van der Waals surface area contributed by atoms with Gasteiger partial charge in [0, 0.05) is 30.4 Å². The van der Waals surface area contributed by atoms with Crippen LogP contribution in [0.4, 0.5) is 10.5 Å². The average Bonchev–Trinajstić information content (AvgIpc) is 2.74. The number of nitrogens with one attached hydrogen (secondary N) is 3. The highest BCUT2D eigenvalue weighted by atomic mass is 16.2. The van der Waals surface area contributed by atoms with E-state index in [4.69, 9.17) is 0 Å². The number of fused-ring (bicyclic) bond motifs is 1. The summed E-state index contributed by atoms with van der Waals surface area (Å²) in [5.41, 5.74) is 2.88. The van der Waals surface area contributed by atoms with E-state index in [0.717, 1.165) is 36.5 Å². The first kappa shape index (κ1) is 20.2. The van der Waals surface area contributed by atoms with Crippen molar-refractivity contribution < 1.29 is 4.79 Å². The third kappa shape index (κ3) is 5.07. The van der Waals surface area contributed by atoms with Crippen LogP contribution in [0, 0.1) is 5.92 Å². The number of amides is 2. The van der Waals surface area contributed by atoms with Gasteiger partial charge in [-0.25, -0.2) is 4.79 Å². The summed E-state index contributed by atoms with van der Waals surface area (Å²) in [5, 5.41) is 7.14. The van der Waals surface area contributed by atoms with E-state index in [1.165, 1.54) is 18.4 Å². The maximum absolute atomic E-state index is 12.3. The van der Waals surface area contributed by atoms with Gasteiger partial charge >= 0.3 is 6.03 Å². The number of anilines is 1. The number of hydrogen-bond acceptors (Lipinski definition) is 3. The standard InChI is InChI=1S/C24H28N4O2/c1-17-8-11-28(12-9-17)16-19-4-2-3-18(13-19)15-26-24(30)27-21-5-6-22-20(14-21)7-10-25-23(22)29/h2-7,10,13-14,17H,8-9,11-12,15-16H2,1H3,(H,25,29)(H2,26,27,30). The Morgan fingerprint density at radius 3 is 2.73 bits per heavy atom. The lowest BCUT2D eigenvalue weighted by Gasteiger charge is -2.30. The Balaban J connectivity index is 1.32. The van der Waals surface area contributed by atoms with E-state index in [0.29, 0.717) is 17.6 Å². The van der Waals surface area contributed by atoms with Crippen LogP contribution in [0.25, 0.3) is 10.8 Å². The largest absolute Gasteiger partial charge is 0.334 e. The van der Waals surface area contributed by atoms with Gasteiger partial charge in [-0.2, -0.15) is 0 Å². The fourth-order valence-corrected chi connectivity index (χ4v) is 3.94. The third-order valence-electron chi connectivity index (χ3n) is 5.76. The van der Waals surface area contributed by atoms with Crippen LogP contribution in [0.5, 0.6) is 0 Å². The summed E-state index contributed by atoms with van der Waals surface area (Å²) < 4.78 is 0. The Labute approximate surface area is 176 Å². The van der Waals surface area contributed by atoms with Crippen molar-refractivity contribution in [1.82, 2.24) is 15.2 Å². The summed E-state index contributed by atoms with van der Waals surface area (Å²) in [4.78, 5) is 29.3. The predicted octanol–water partition coefficient (Wildman–Crippen LogP) is 4.08. The first-order valence-corrected chi connectivity index (χ1v) is 10.5. The average molecular weight is 405 g/mol. The first-order chi connectivity index (χ1) is 14.6. The number of aromatic nitrogens is 1. The molecule has 3 N–H and O–H groups in total. The SMILES string of the molecule is CC1CCN(Cc2cccc(CNC(=O)Nc3ccc4c(=O)[nH]ccc4c3)c2)CC1. The van der Waals surface area contributed by atoms with E-state index in [1.54, 1.807) is 24.4 Å². The minimum Gasteiger partial charge on any atom is -0.334 e. The minimum absolute atomic E-state index is 0.137. The van der Waals surface area contributed by atoms with E-state index in [1.807, 2.05) is 12.1 Å². The molecule has 4 rings (SSSR count). The second-order valence-corrected chi connectivity index (χ2v) is 8.20. The van der Waals surface area contributed by atoms with Crippen LogP contribution in [-0.4, -0.2) is 29.0 Å². The lowest BCUT2D eigenvalue weighted by atomic mass is 9.98. The minimum atomic E-state index is -0.269. The molecule has 1 aromatic heterocycles. The summed E-state index contributed by atoms with van der Waals surface area (Å²) >= 11 is 0. The highest BCUT2D eigenvalue weighted by molar-refractivity contribution is 5.93. The number of rotatable bonds is 5. The Morgan fingerprint density at radius 1 is 1.10 bits per heavy atom. The molecule has 0 bridgehead atoms. The Kier molecular flexibility index (Phi) is 6.14. The summed E-state index contributed by atoms with van der Waals surface area (Å²) in [6.07, 6.45) is 4.14. The van der Waals surface area contributed by atoms with Crippen molar-refractivity contribution in [3.63, 3.8) is 0 Å². The first-order valence-electron chi connectivity index (χ1n) is 10.5. The monoisotopic (exact) mass is 404 g/mol. The number of benzene rings is 2. The number of carbonyl (C=O) groups excluding carboxylic acids is 1. The Hall–Kier alpha value is -3.12. The molecule has 1 saturated heterocycles. The van der Waals surface area contributed by atoms with Crippen LogP contribution in [0.3, 0.4) is 0 Å². The summed E-state index contributed by atoms with van der Waals surface area (Å²) in [7, 11) is 0. The quantitative estimate of drug-likeness (QED) is 0.600. The number of pyridine rings is 1. The topological polar surface area (TPSA) is 77.2 Å². The molecule has 1 fully saturated rings. The molecule has 2 aromatic carbocycles. The molecule has 30 heavy (non-hydrogen) atoms. The highest BCUT2D eigenvalue weighted by Crippen LogP contribution is 2.19. The molecule has 6 heteroatoms. The number of hydrogen-bond donors (Lipinski definition) is 3. The number of aromatic amines is 1. The third-order valence-corrected chi connectivity index (χ3v) is 5.76. The molecular formula is C24H28N4O2. The molecule has 6 nitrogen and oxygen atoms in total. The molecule has 3 aromatic rings. The van der Waals surface area contributed by atoms with Gasteiger partial charge in [0.1, 0.15) is 0 Å². The van der Waals surface area contributed by atoms with Gasteiger partial charge in [0.25, 0.3) is 5.56 Å². The van der Waals surface area contributed by atoms with Crippen molar-refractivity contribution >= 4 is 22.5 Å². The summed E-state index contributed by atoms with van der Waals surface area (Å²) in [6, 6.07) is 15.2. The smallest absolute Gasteiger partial charge is 0.319 e. The molecule has 0 spiro atoms. The van der Waals surface area contributed by atoms with E-state index >= 15 is 0 Å². The molecule has 156 valence electrons. The fraction of sp³-hybridized carbons (Fsp3) is 0.333. The van der Waals surface area contributed by atoms with Gasteiger partial charge in [-0.05, 0) is 72.6 Å². The zero-order valence-corrected chi connectivity index (χ0v) is 17.3. The van der Waals surface area contributed by atoms with Gasteiger partial charge < -0.3 is 15.6 Å². The van der Waals surface area contributed by atoms with Crippen molar-refractivity contribution in [2.75, 3.05) is 18.4 Å². The van der Waals surface area contributed by atoms with E-state index in [9.17, 15) is 9.59 Å². The Bertz CT molecular complexity index is 1080. The number of H-pyrrole nitrogens is 1. The lowest BCUT2D eigenvalue weighted by molar-refractivity contribution is 0.185. The summed E-state index contributed by atoms with van der Waals surface area (Å²) in [5.74, 6) is 0.832. The second-order valence-electron chi connectivity index (χ2n) is 8.20. The molecule has 0 aliphatic carbocycles. The molecular weight excluding hydrogens is 376 g/mol. The van der Waals surface area contributed by atoms with Gasteiger partial charge in [0.05, 0.1) is 0 Å². The number of likely N-dealkylation sites (tertiary alicyclic amines) is 1. The zero-order valence-electron chi connectivity index (χ0n) is 17.3. The van der Waals surface area contributed by atoms with Crippen molar-refractivity contribution in [2.45, 2.75) is 32.9 Å². The molecule has 1 aliphatic rings. The molecule has 1 aliphatic heterocycles. The molecule has 0 radical (unpaired) electrons. The Morgan fingerprint density at radius 2 is 1.90 bits per heavy atom. The number of urea groups is 1.